The number of benzene rings is 2. The summed E-state index contributed by atoms with van der Waals surface area (Å²) in [6, 6.07) is 9.17. The summed E-state index contributed by atoms with van der Waals surface area (Å²) in [4.78, 5) is 23.6. The van der Waals surface area contributed by atoms with E-state index in [1.807, 2.05) is 0 Å². The van der Waals surface area contributed by atoms with Crippen LogP contribution < -0.4 is 5.32 Å². The van der Waals surface area contributed by atoms with Gasteiger partial charge >= 0.3 is 5.97 Å². The molecule has 2 rings (SSSR count). The second-order valence-corrected chi connectivity index (χ2v) is 5.82. The molecule has 0 atom stereocenters. The molecule has 1 amide bonds. The minimum atomic E-state index is -0.711. The van der Waals surface area contributed by atoms with Crippen LogP contribution in [0.1, 0.15) is 11.1 Å². The zero-order valence-corrected chi connectivity index (χ0v) is 14.2. The van der Waals surface area contributed by atoms with E-state index >= 15 is 0 Å². The fraction of sp³-hybridized carbons (Fsp3) is 0.176. The highest BCUT2D eigenvalue weighted by Gasteiger charge is 2.14. The highest BCUT2D eigenvalue weighted by Crippen LogP contribution is 2.32. The summed E-state index contributed by atoms with van der Waals surface area (Å²) in [5.74, 6) is -1.81. The van der Waals surface area contributed by atoms with Crippen LogP contribution in [-0.2, 0) is 20.7 Å². The lowest BCUT2D eigenvalue weighted by molar-refractivity contribution is -0.146. The SMILES string of the molecule is Cc1ccc(Cl)c(NC(=O)COC(=O)Cc2ccccc2F)c1Cl. The van der Waals surface area contributed by atoms with Crippen molar-refractivity contribution in [3.63, 3.8) is 0 Å². The molecule has 2 aromatic rings. The number of halogens is 3. The van der Waals surface area contributed by atoms with Crippen molar-refractivity contribution in [2.24, 2.45) is 0 Å². The van der Waals surface area contributed by atoms with Gasteiger partial charge in [-0.05, 0) is 30.2 Å². The van der Waals surface area contributed by atoms with Crippen LogP contribution >= 0.6 is 23.2 Å². The van der Waals surface area contributed by atoms with Gasteiger partial charge in [0.1, 0.15) is 5.82 Å². The molecule has 0 unspecified atom stereocenters. The smallest absolute Gasteiger partial charge is 0.310 e. The molecule has 126 valence electrons. The van der Waals surface area contributed by atoms with Crippen molar-refractivity contribution in [2.45, 2.75) is 13.3 Å². The van der Waals surface area contributed by atoms with E-state index in [4.69, 9.17) is 27.9 Å². The van der Waals surface area contributed by atoms with Gasteiger partial charge < -0.3 is 10.1 Å². The second-order valence-electron chi connectivity index (χ2n) is 5.03. The van der Waals surface area contributed by atoms with E-state index < -0.39 is 24.3 Å². The van der Waals surface area contributed by atoms with Crippen molar-refractivity contribution in [1.82, 2.24) is 0 Å². The van der Waals surface area contributed by atoms with Crippen molar-refractivity contribution >= 4 is 40.8 Å². The molecule has 0 spiro atoms. The molecule has 1 N–H and O–H groups in total. The lowest BCUT2D eigenvalue weighted by atomic mass is 10.1. The van der Waals surface area contributed by atoms with Crippen LogP contribution in [0.15, 0.2) is 36.4 Å². The summed E-state index contributed by atoms with van der Waals surface area (Å²) in [5.41, 5.74) is 1.20. The van der Waals surface area contributed by atoms with E-state index in [9.17, 15) is 14.0 Å². The Morgan fingerprint density at radius 3 is 2.58 bits per heavy atom. The Labute approximate surface area is 148 Å². The molecule has 0 aliphatic rings. The molecule has 0 aliphatic heterocycles. The van der Waals surface area contributed by atoms with Gasteiger partial charge in [0, 0.05) is 0 Å². The molecule has 7 heteroatoms. The minimum absolute atomic E-state index is 0.202. The number of esters is 1. The van der Waals surface area contributed by atoms with Crippen LogP contribution in [0.25, 0.3) is 0 Å². The molecule has 2 aromatic carbocycles. The summed E-state index contributed by atoms with van der Waals surface area (Å²) in [7, 11) is 0. The van der Waals surface area contributed by atoms with Gasteiger partial charge in [-0.2, -0.15) is 0 Å². The van der Waals surface area contributed by atoms with E-state index in [0.717, 1.165) is 5.56 Å². The number of nitrogens with one attached hydrogen (secondary N) is 1. The monoisotopic (exact) mass is 369 g/mol. The Morgan fingerprint density at radius 1 is 1.17 bits per heavy atom. The highest BCUT2D eigenvalue weighted by molar-refractivity contribution is 6.40. The van der Waals surface area contributed by atoms with Gasteiger partial charge in [-0.25, -0.2) is 4.39 Å². The van der Waals surface area contributed by atoms with Gasteiger partial charge in [-0.3, -0.25) is 9.59 Å². The summed E-state index contributed by atoms with van der Waals surface area (Å²) in [6.07, 6.45) is -0.258. The number of rotatable bonds is 5. The summed E-state index contributed by atoms with van der Waals surface area (Å²) in [6.45, 7) is 1.25. The summed E-state index contributed by atoms with van der Waals surface area (Å²) in [5, 5.41) is 3.08. The Morgan fingerprint density at radius 2 is 1.88 bits per heavy atom. The van der Waals surface area contributed by atoms with Gasteiger partial charge in [0.05, 0.1) is 22.2 Å². The van der Waals surface area contributed by atoms with E-state index in [1.54, 1.807) is 25.1 Å². The number of amides is 1. The van der Waals surface area contributed by atoms with Gasteiger partial charge in [-0.15, -0.1) is 0 Å². The van der Waals surface area contributed by atoms with Crippen molar-refractivity contribution in [3.8, 4) is 0 Å². The van der Waals surface area contributed by atoms with Crippen LogP contribution in [0, 0.1) is 12.7 Å². The first-order chi connectivity index (χ1) is 11.4. The van der Waals surface area contributed by atoms with Crippen molar-refractivity contribution in [2.75, 3.05) is 11.9 Å². The van der Waals surface area contributed by atoms with Gasteiger partial charge in [-0.1, -0.05) is 47.5 Å². The number of anilines is 1. The van der Waals surface area contributed by atoms with Gasteiger partial charge in [0.2, 0.25) is 0 Å². The molecular weight excluding hydrogens is 356 g/mol. The fourth-order valence-electron chi connectivity index (χ4n) is 1.94. The zero-order valence-electron chi connectivity index (χ0n) is 12.7. The number of aryl methyl sites for hydroxylation is 1. The minimum Gasteiger partial charge on any atom is -0.455 e. The van der Waals surface area contributed by atoms with Crippen molar-refractivity contribution < 1.29 is 18.7 Å². The number of ether oxygens (including phenoxy) is 1. The number of carbonyl (C=O) groups excluding carboxylic acids is 2. The van der Waals surface area contributed by atoms with Crippen molar-refractivity contribution in [3.05, 3.63) is 63.4 Å². The number of hydrogen-bond donors (Lipinski definition) is 1. The summed E-state index contributed by atoms with van der Waals surface area (Å²) < 4.78 is 18.3. The first kappa shape index (κ1) is 18.2. The van der Waals surface area contributed by atoms with Crippen LogP contribution in [0.3, 0.4) is 0 Å². The molecule has 0 aromatic heterocycles. The first-order valence-corrected chi connectivity index (χ1v) is 7.77. The zero-order chi connectivity index (χ0) is 17.7. The maximum Gasteiger partial charge on any atom is 0.310 e. The molecule has 0 saturated heterocycles. The first-order valence-electron chi connectivity index (χ1n) is 7.02. The molecule has 0 bridgehead atoms. The third kappa shape index (κ3) is 4.69. The summed E-state index contributed by atoms with van der Waals surface area (Å²) >= 11 is 12.1. The lowest BCUT2D eigenvalue weighted by Gasteiger charge is -2.11. The Bertz CT molecular complexity index is 780. The second kappa shape index (κ2) is 8.13. The third-order valence-corrected chi connectivity index (χ3v) is 4.01. The largest absolute Gasteiger partial charge is 0.455 e. The Kier molecular flexibility index (Phi) is 6.17. The Balaban J connectivity index is 1.91. The molecule has 0 radical (unpaired) electrons. The molecule has 0 saturated carbocycles. The molecule has 24 heavy (non-hydrogen) atoms. The molecule has 4 nitrogen and oxygen atoms in total. The van der Waals surface area contributed by atoms with Gasteiger partial charge in [0.25, 0.3) is 5.91 Å². The number of carbonyl (C=O) groups is 2. The quantitative estimate of drug-likeness (QED) is 0.804. The average molecular weight is 370 g/mol. The van der Waals surface area contributed by atoms with E-state index in [0.29, 0.717) is 5.02 Å². The fourth-order valence-corrected chi connectivity index (χ4v) is 2.41. The van der Waals surface area contributed by atoms with Crippen LogP contribution in [0.5, 0.6) is 0 Å². The predicted molar refractivity (Wildman–Crippen MR) is 90.9 cm³/mol. The van der Waals surface area contributed by atoms with E-state index in [1.165, 1.54) is 18.2 Å². The van der Waals surface area contributed by atoms with Crippen molar-refractivity contribution in [1.29, 1.82) is 0 Å². The highest BCUT2D eigenvalue weighted by atomic mass is 35.5. The number of hydrogen-bond acceptors (Lipinski definition) is 3. The van der Waals surface area contributed by atoms with E-state index in [2.05, 4.69) is 5.32 Å². The molecule has 0 fully saturated rings. The van der Waals surface area contributed by atoms with E-state index in [-0.39, 0.29) is 22.7 Å². The van der Waals surface area contributed by atoms with Crippen LogP contribution in [-0.4, -0.2) is 18.5 Å². The normalized spacial score (nSPS) is 10.3. The van der Waals surface area contributed by atoms with Gasteiger partial charge in [0.15, 0.2) is 6.61 Å². The molecular formula is C17H14Cl2FNO3. The lowest BCUT2D eigenvalue weighted by Crippen LogP contribution is -2.22. The Hall–Kier alpha value is -2.11. The molecule has 0 aliphatic carbocycles. The standard InChI is InChI=1S/C17H14Cl2FNO3/c1-10-6-7-12(18)17(16(10)19)21-14(22)9-24-15(23)8-11-4-2-3-5-13(11)20/h2-7H,8-9H2,1H3,(H,21,22). The molecule has 0 heterocycles. The average Bonchev–Trinajstić information content (AvgIpc) is 2.55. The maximum absolute atomic E-state index is 13.4. The topological polar surface area (TPSA) is 55.4 Å². The predicted octanol–water partition coefficient (Wildman–Crippen LogP) is 4.17. The van der Waals surface area contributed by atoms with Crippen LogP contribution in [0.2, 0.25) is 10.0 Å². The maximum atomic E-state index is 13.4. The third-order valence-electron chi connectivity index (χ3n) is 3.21. The van der Waals surface area contributed by atoms with Crippen LogP contribution in [0.4, 0.5) is 10.1 Å².